The number of carbonyl (C=O) groups excluding carboxylic acids is 1. The smallest absolute Gasteiger partial charge is 0.162 e. The van der Waals surface area contributed by atoms with Crippen LogP contribution in [-0.2, 0) is 9.53 Å². The first-order valence-corrected chi connectivity index (χ1v) is 5.23. The number of ether oxygens (including phenoxy) is 1. The summed E-state index contributed by atoms with van der Waals surface area (Å²) >= 11 is 0. The average Bonchev–Trinajstić information content (AvgIpc) is 2.44. The number of Topliss-reactive ketones (excluding diaryl/α,β-unsaturated/α-hetero) is 1. The van der Waals surface area contributed by atoms with Crippen LogP contribution >= 0.6 is 0 Å². The first-order valence-electron chi connectivity index (χ1n) is 5.23. The zero-order chi connectivity index (χ0) is 10.2. The van der Waals surface area contributed by atoms with Gasteiger partial charge in [0.1, 0.15) is 11.4 Å². The molecule has 76 valence electrons. The molecule has 0 bridgehead atoms. The van der Waals surface area contributed by atoms with E-state index in [9.17, 15) is 4.79 Å². The van der Waals surface area contributed by atoms with Gasteiger partial charge < -0.3 is 4.74 Å². The second-order valence-electron chi connectivity index (χ2n) is 4.27. The van der Waals surface area contributed by atoms with Crippen molar-refractivity contribution in [3.8, 4) is 0 Å². The van der Waals surface area contributed by atoms with Crippen LogP contribution in [0.1, 0.15) is 39.5 Å². The van der Waals surface area contributed by atoms with E-state index < -0.39 is 0 Å². The number of ketones is 1. The molecule has 0 aromatic carbocycles. The molecule has 0 fully saturated rings. The van der Waals surface area contributed by atoms with Crippen molar-refractivity contribution in [1.82, 2.24) is 0 Å². The van der Waals surface area contributed by atoms with Gasteiger partial charge in [0.05, 0.1) is 0 Å². The zero-order valence-corrected chi connectivity index (χ0v) is 8.80. The van der Waals surface area contributed by atoms with Gasteiger partial charge in [-0.3, -0.25) is 4.79 Å². The van der Waals surface area contributed by atoms with Gasteiger partial charge in [-0.1, -0.05) is 6.08 Å². The molecule has 0 N–H and O–H groups in total. The molecule has 0 aromatic heterocycles. The quantitative estimate of drug-likeness (QED) is 0.597. The third kappa shape index (κ3) is 1.49. The molecule has 2 rings (SSSR count). The van der Waals surface area contributed by atoms with E-state index in [4.69, 9.17) is 4.74 Å². The molecule has 1 aliphatic carbocycles. The third-order valence-electron chi connectivity index (χ3n) is 2.88. The maximum absolute atomic E-state index is 11.6. The van der Waals surface area contributed by atoms with Crippen LogP contribution in [0.15, 0.2) is 23.5 Å². The van der Waals surface area contributed by atoms with E-state index in [0.717, 1.165) is 30.6 Å². The van der Waals surface area contributed by atoms with Crippen molar-refractivity contribution < 1.29 is 9.53 Å². The van der Waals surface area contributed by atoms with Crippen molar-refractivity contribution in [3.05, 3.63) is 23.5 Å². The monoisotopic (exact) mass is 192 g/mol. The summed E-state index contributed by atoms with van der Waals surface area (Å²) in [7, 11) is 0. The van der Waals surface area contributed by atoms with Crippen LogP contribution in [-0.4, -0.2) is 11.4 Å². The Balaban J connectivity index is 2.22. The highest BCUT2D eigenvalue weighted by atomic mass is 16.5. The Bertz CT molecular complexity index is 325. The molecule has 2 nitrogen and oxygen atoms in total. The summed E-state index contributed by atoms with van der Waals surface area (Å²) in [5, 5.41) is 0. The van der Waals surface area contributed by atoms with Crippen molar-refractivity contribution in [2.45, 2.75) is 45.1 Å². The maximum atomic E-state index is 11.6. The number of allylic oxidation sites excluding steroid dienone is 2. The molecule has 1 atom stereocenters. The molecule has 2 aliphatic rings. The fourth-order valence-electron chi connectivity index (χ4n) is 2.29. The minimum atomic E-state index is -0.264. The molecule has 1 aliphatic heterocycles. The molecule has 0 spiro atoms. The summed E-state index contributed by atoms with van der Waals surface area (Å²) < 4.78 is 5.84. The van der Waals surface area contributed by atoms with Crippen molar-refractivity contribution >= 4 is 5.78 Å². The van der Waals surface area contributed by atoms with Gasteiger partial charge in [0, 0.05) is 24.8 Å². The fourth-order valence-corrected chi connectivity index (χ4v) is 2.29. The first kappa shape index (κ1) is 9.50. The van der Waals surface area contributed by atoms with E-state index in [1.165, 1.54) is 0 Å². The predicted octanol–water partition coefficient (Wildman–Crippen LogP) is 2.75. The van der Waals surface area contributed by atoms with Crippen LogP contribution in [0.5, 0.6) is 0 Å². The Hall–Kier alpha value is -1.05. The molecular weight excluding hydrogens is 176 g/mol. The molecule has 0 saturated carbocycles. The van der Waals surface area contributed by atoms with E-state index in [0.29, 0.717) is 12.2 Å². The molecule has 0 saturated heterocycles. The van der Waals surface area contributed by atoms with E-state index in [1.54, 1.807) is 0 Å². The SMILES string of the molecule is C/C=C/C1(C)CC2=C(CCCC2=O)O1. The standard InChI is InChI=1S/C12H16O2/c1-3-7-12(2)8-9-10(13)5-4-6-11(9)14-12/h3,7H,4-6,8H2,1-2H3/b7-3+. The number of carbonyl (C=O) groups is 1. The summed E-state index contributed by atoms with van der Waals surface area (Å²) in [4.78, 5) is 11.6. The second kappa shape index (κ2) is 3.26. The maximum Gasteiger partial charge on any atom is 0.162 e. The van der Waals surface area contributed by atoms with Crippen LogP contribution in [0.4, 0.5) is 0 Å². The van der Waals surface area contributed by atoms with E-state index in [-0.39, 0.29) is 5.60 Å². The van der Waals surface area contributed by atoms with Crippen LogP contribution in [0.3, 0.4) is 0 Å². The lowest BCUT2D eigenvalue weighted by molar-refractivity contribution is -0.116. The molecule has 0 aromatic rings. The summed E-state index contributed by atoms with van der Waals surface area (Å²) in [5.41, 5.74) is 0.677. The molecule has 1 heterocycles. The topological polar surface area (TPSA) is 26.3 Å². The largest absolute Gasteiger partial charge is 0.487 e. The van der Waals surface area contributed by atoms with Crippen molar-refractivity contribution in [1.29, 1.82) is 0 Å². The van der Waals surface area contributed by atoms with Gasteiger partial charge in [-0.2, -0.15) is 0 Å². The Morgan fingerprint density at radius 2 is 2.21 bits per heavy atom. The Labute approximate surface area is 84.6 Å². The van der Waals surface area contributed by atoms with Crippen molar-refractivity contribution in [2.75, 3.05) is 0 Å². The van der Waals surface area contributed by atoms with Gasteiger partial charge in [0.25, 0.3) is 0 Å². The average molecular weight is 192 g/mol. The minimum Gasteiger partial charge on any atom is -0.487 e. The van der Waals surface area contributed by atoms with E-state index >= 15 is 0 Å². The van der Waals surface area contributed by atoms with E-state index in [1.807, 2.05) is 26.0 Å². The van der Waals surface area contributed by atoms with Crippen LogP contribution < -0.4 is 0 Å². The molecule has 0 radical (unpaired) electrons. The lowest BCUT2D eigenvalue weighted by atomic mass is 9.90. The van der Waals surface area contributed by atoms with Crippen molar-refractivity contribution in [3.63, 3.8) is 0 Å². The lowest BCUT2D eigenvalue weighted by Crippen LogP contribution is -2.20. The number of rotatable bonds is 1. The predicted molar refractivity (Wildman–Crippen MR) is 54.8 cm³/mol. The highest BCUT2D eigenvalue weighted by Gasteiger charge is 2.38. The van der Waals surface area contributed by atoms with Crippen molar-refractivity contribution in [2.24, 2.45) is 0 Å². The van der Waals surface area contributed by atoms with Gasteiger partial charge in [-0.05, 0) is 26.3 Å². The third-order valence-corrected chi connectivity index (χ3v) is 2.88. The molecule has 0 amide bonds. The Kier molecular flexibility index (Phi) is 2.22. The normalized spacial score (nSPS) is 32.3. The van der Waals surface area contributed by atoms with E-state index in [2.05, 4.69) is 0 Å². The second-order valence-corrected chi connectivity index (χ2v) is 4.27. The number of hydrogen-bond donors (Lipinski definition) is 0. The summed E-state index contributed by atoms with van der Waals surface area (Å²) in [6.07, 6.45) is 7.37. The van der Waals surface area contributed by atoms with Crippen LogP contribution in [0.25, 0.3) is 0 Å². The van der Waals surface area contributed by atoms with Gasteiger partial charge in [0.15, 0.2) is 5.78 Å². The Morgan fingerprint density at radius 3 is 2.86 bits per heavy atom. The molecule has 14 heavy (non-hydrogen) atoms. The van der Waals surface area contributed by atoms with Crippen LogP contribution in [0.2, 0.25) is 0 Å². The summed E-state index contributed by atoms with van der Waals surface area (Å²) in [6, 6.07) is 0. The Morgan fingerprint density at radius 1 is 1.43 bits per heavy atom. The highest BCUT2D eigenvalue weighted by molar-refractivity contribution is 5.97. The first-order chi connectivity index (χ1) is 6.64. The van der Waals surface area contributed by atoms with Gasteiger partial charge in [0.2, 0.25) is 0 Å². The zero-order valence-electron chi connectivity index (χ0n) is 8.80. The summed E-state index contributed by atoms with van der Waals surface area (Å²) in [5.74, 6) is 1.24. The van der Waals surface area contributed by atoms with Gasteiger partial charge in [-0.25, -0.2) is 0 Å². The lowest BCUT2D eigenvalue weighted by Gasteiger charge is -2.20. The van der Waals surface area contributed by atoms with Gasteiger partial charge >= 0.3 is 0 Å². The molecule has 1 unspecified atom stereocenters. The minimum absolute atomic E-state index is 0.264. The van der Waals surface area contributed by atoms with Gasteiger partial charge in [-0.15, -0.1) is 0 Å². The fraction of sp³-hybridized carbons (Fsp3) is 0.583. The molecular formula is C12H16O2. The molecule has 2 heteroatoms. The number of hydrogen-bond acceptors (Lipinski definition) is 2. The summed E-state index contributed by atoms with van der Waals surface area (Å²) in [6.45, 7) is 4.02. The van der Waals surface area contributed by atoms with Crippen LogP contribution in [0, 0.1) is 0 Å². The highest BCUT2D eigenvalue weighted by Crippen LogP contribution is 2.40.